The number of aromatic nitrogens is 1. The molecule has 28 heavy (non-hydrogen) atoms. The van der Waals surface area contributed by atoms with E-state index in [0.29, 0.717) is 0 Å². The lowest BCUT2D eigenvalue weighted by molar-refractivity contribution is 0.191. The number of hydrogen-bond donors (Lipinski definition) is 0. The highest BCUT2D eigenvalue weighted by atomic mass is 16.5. The molecule has 3 nitrogen and oxygen atoms in total. The molecule has 1 heterocycles. The van der Waals surface area contributed by atoms with Crippen LogP contribution in [0.1, 0.15) is 70.3 Å². The van der Waals surface area contributed by atoms with E-state index in [-0.39, 0.29) is 0 Å². The molecule has 0 bridgehead atoms. The summed E-state index contributed by atoms with van der Waals surface area (Å²) in [5.74, 6) is 0.851. The first-order valence-electron chi connectivity index (χ1n) is 11.0. The van der Waals surface area contributed by atoms with E-state index in [4.69, 9.17) is 9.47 Å². The van der Waals surface area contributed by atoms with Crippen molar-refractivity contribution in [1.82, 2.24) is 4.98 Å². The lowest BCUT2D eigenvalue weighted by Crippen LogP contribution is -1.98. The fourth-order valence-corrected chi connectivity index (χ4v) is 3.30. The predicted octanol–water partition coefficient (Wildman–Crippen LogP) is 6.85. The van der Waals surface area contributed by atoms with Crippen LogP contribution in [0, 0.1) is 0 Å². The molecule has 0 aliphatic rings. The van der Waals surface area contributed by atoms with Gasteiger partial charge < -0.3 is 9.47 Å². The number of ether oxygens (including phenoxy) is 2. The summed E-state index contributed by atoms with van der Waals surface area (Å²) in [7, 11) is 1.75. The van der Waals surface area contributed by atoms with Gasteiger partial charge in [-0.15, -0.1) is 0 Å². The van der Waals surface area contributed by atoms with Crippen LogP contribution in [-0.4, -0.2) is 25.3 Å². The summed E-state index contributed by atoms with van der Waals surface area (Å²) < 4.78 is 10.9. The van der Waals surface area contributed by atoms with Crippen molar-refractivity contribution < 1.29 is 9.47 Å². The Morgan fingerprint density at radius 3 is 2.14 bits per heavy atom. The molecule has 1 aromatic carbocycles. The SMILES string of the molecule is CCCCCCCc1ccc(-c2ccc(OCCCCCCOC)cn2)cc1. The minimum absolute atomic E-state index is 0.751. The number of nitrogens with zero attached hydrogens (tertiary/aromatic N) is 1. The molecule has 3 heteroatoms. The van der Waals surface area contributed by atoms with Gasteiger partial charge >= 0.3 is 0 Å². The zero-order chi connectivity index (χ0) is 19.9. The van der Waals surface area contributed by atoms with Crippen LogP contribution >= 0.6 is 0 Å². The van der Waals surface area contributed by atoms with Gasteiger partial charge in [-0.05, 0) is 49.8 Å². The van der Waals surface area contributed by atoms with E-state index >= 15 is 0 Å². The smallest absolute Gasteiger partial charge is 0.137 e. The summed E-state index contributed by atoms with van der Waals surface area (Å²) in [6, 6.07) is 12.9. The van der Waals surface area contributed by atoms with Gasteiger partial charge in [0.25, 0.3) is 0 Å². The van der Waals surface area contributed by atoms with Crippen molar-refractivity contribution in [2.75, 3.05) is 20.3 Å². The Bertz CT molecular complexity index is 622. The monoisotopic (exact) mass is 383 g/mol. The maximum absolute atomic E-state index is 5.80. The minimum Gasteiger partial charge on any atom is -0.492 e. The van der Waals surface area contributed by atoms with Crippen LogP contribution in [-0.2, 0) is 11.2 Å². The molecule has 0 amide bonds. The second-order valence-corrected chi connectivity index (χ2v) is 7.50. The summed E-state index contributed by atoms with van der Waals surface area (Å²) in [4.78, 5) is 4.57. The molecule has 0 spiro atoms. The molecule has 0 atom stereocenters. The van der Waals surface area contributed by atoms with Gasteiger partial charge in [0.15, 0.2) is 0 Å². The van der Waals surface area contributed by atoms with Crippen LogP contribution < -0.4 is 4.74 Å². The Balaban J connectivity index is 1.70. The summed E-state index contributed by atoms with van der Waals surface area (Å²) in [5.41, 5.74) is 3.59. The van der Waals surface area contributed by atoms with Gasteiger partial charge in [0.2, 0.25) is 0 Å². The fourth-order valence-electron chi connectivity index (χ4n) is 3.30. The fraction of sp³-hybridized carbons (Fsp3) is 0.560. The highest BCUT2D eigenvalue weighted by Crippen LogP contribution is 2.21. The first-order chi connectivity index (χ1) is 13.8. The Hall–Kier alpha value is -1.87. The summed E-state index contributed by atoms with van der Waals surface area (Å²) in [5, 5.41) is 0. The maximum atomic E-state index is 5.80. The van der Waals surface area contributed by atoms with E-state index < -0.39 is 0 Å². The average Bonchev–Trinajstić information content (AvgIpc) is 2.74. The third-order valence-corrected chi connectivity index (χ3v) is 5.07. The molecule has 2 rings (SSSR count). The van der Waals surface area contributed by atoms with Gasteiger partial charge in [0, 0.05) is 19.3 Å². The molecule has 154 valence electrons. The second-order valence-electron chi connectivity index (χ2n) is 7.50. The largest absolute Gasteiger partial charge is 0.492 e. The number of unbranched alkanes of at least 4 members (excludes halogenated alkanes) is 7. The molecule has 0 saturated heterocycles. The lowest BCUT2D eigenvalue weighted by Gasteiger charge is -2.08. The van der Waals surface area contributed by atoms with E-state index in [1.54, 1.807) is 7.11 Å². The molecule has 0 fully saturated rings. The van der Waals surface area contributed by atoms with E-state index in [2.05, 4.69) is 36.2 Å². The molecule has 1 aromatic heterocycles. The van der Waals surface area contributed by atoms with Crippen LogP contribution in [0.25, 0.3) is 11.3 Å². The highest BCUT2D eigenvalue weighted by molar-refractivity contribution is 5.59. The van der Waals surface area contributed by atoms with E-state index in [1.165, 1.54) is 62.5 Å². The summed E-state index contributed by atoms with van der Waals surface area (Å²) in [6.45, 7) is 3.87. The zero-order valence-corrected chi connectivity index (χ0v) is 17.8. The van der Waals surface area contributed by atoms with Gasteiger partial charge in [-0.2, -0.15) is 0 Å². The number of hydrogen-bond acceptors (Lipinski definition) is 3. The summed E-state index contributed by atoms with van der Waals surface area (Å²) >= 11 is 0. The van der Waals surface area contributed by atoms with Crippen molar-refractivity contribution >= 4 is 0 Å². The van der Waals surface area contributed by atoms with Gasteiger partial charge in [0.1, 0.15) is 5.75 Å². The second kappa shape index (κ2) is 14.2. The van der Waals surface area contributed by atoms with Crippen molar-refractivity contribution in [3.05, 3.63) is 48.2 Å². The Morgan fingerprint density at radius 1 is 0.750 bits per heavy atom. The van der Waals surface area contributed by atoms with Crippen molar-refractivity contribution in [3.8, 4) is 17.0 Å². The predicted molar refractivity (Wildman–Crippen MR) is 118 cm³/mol. The minimum atomic E-state index is 0.751. The van der Waals surface area contributed by atoms with Crippen LogP contribution in [0.3, 0.4) is 0 Å². The lowest BCUT2D eigenvalue weighted by atomic mass is 10.0. The Kier molecular flexibility index (Phi) is 11.3. The number of rotatable bonds is 15. The average molecular weight is 384 g/mol. The number of aryl methyl sites for hydroxylation is 1. The third-order valence-electron chi connectivity index (χ3n) is 5.07. The van der Waals surface area contributed by atoms with Crippen LogP contribution in [0.15, 0.2) is 42.6 Å². The Labute approximate surface area is 171 Å². The van der Waals surface area contributed by atoms with Crippen LogP contribution in [0.4, 0.5) is 0 Å². The molecule has 0 N–H and O–H groups in total. The van der Waals surface area contributed by atoms with Crippen LogP contribution in [0.5, 0.6) is 5.75 Å². The van der Waals surface area contributed by atoms with Crippen molar-refractivity contribution in [3.63, 3.8) is 0 Å². The first kappa shape index (κ1) is 22.4. The van der Waals surface area contributed by atoms with Crippen molar-refractivity contribution in [1.29, 1.82) is 0 Å². The van der Waals surface area contributed by atoms with Gasteiger partial charge in [-0.1, -0.05) is 63.3 Å². The van der Waals surface area contributed by atoms with Crippen LogP contribution in [0.2, 0.25) is 0 Å². The maximum Gasteiger partial charge on any atom is 0.137 e. The molecule has 0 unspecified atom stereocenters. The topological polar surface area (TPSA) is 31.4 Å². The molecule has 0 aliphatic heterocycles. The van der Waals surface area contributed by atoms with Crippen molar-refractivity contribution in [2.24, 2.45) is 0 Å². The van der Waals surface area contributed by atoms with E-state index in [0.717, 1.165) is 37.5 Å². The van der Waals surface area contributed by atoms with Crippen molar-refractivity contribution in [2.45, 2.75) is 71.1 Å². The quantitative estimate of drug-likeness (QED) is 0.315. The molecular weight excluding hydrogens is 346 g/mol. The molecule has 2 aromatic rings. The number of benzene rings is 1. The zero-order valence-electron chi connectivity index (χ0n) is 17.8. The normalized spacial score (nSPS) is 10.9. The molecule has 0 aliphatic carbocycles. The molecular formula is C25H37NO2. The van der Waals surface area contributed by atoms with Gasteiger partial charge in [0.05, 0.1) is 18.5 Å². The summed E-state index contributed by atoms with van der Waals surface area (Å²) in [6.07, 6.45) is 14.2. The highest BCUT2D eigenvalue weighted by Gasteiger charge is 2.02. The molecule has 0 saturated carbocycles. The van der Waals surface area contributed by atoms with Gasteiger partial charge in [-0.3, -0.25) is 4.98 Å². The standard InChI is InChI=1S/C25H37NO2/c1-3-4-5-6-9-12-22-13-15-23(16-14-22)25-18-17-24(21-26-25)28-20-11-8-7-10-19-27-2/h13-18,21H,3-12,19-20H2,1-2H3. The third kappa shape index (κ3) is 8.88. The van der Waals surface area contributed by atoms with E-state index in [1.807, 2.05) is 18.3 Å². The first-order valence-corrected chi connectivity index (χ1v) is 11.0. The van der Waals surface area contributed by atoms with E-state index in [9.17, 15) is 0 Å². The number of pyridine rings is 1. The Morgan fingerprint density at radius 2 is 1.46 bits per heavy atom. The van der Waals surface area contributed by atoms with Gasteiger partial charge in [-0.25, -0.2) is 0 Å². The number of methoxy groups -OCH3 is 1. The molecule has 0 radical (unpaired) electrons.